The van der Waals surface area contributed by atoms with Gasteiger partial charge in [-0.1, -0.05) is 19.3 Å². The summed E-state index contributed by atoms with van der Waals surface area (Å²) in [4.78, 5) is 0. The predicted octanol–water partition coefficient (Wildman–Crippen LogP) is 5.06. The Morgan fingerprint density at radius 2 is 1.13 bits per heavy atom. The fourth-order valence-corrected chi connectivity index (χ4v) is 5.86. The fraction of sp³-hybridized carbons (Fsp3) is 1.00. The average Bonchev–Trinajstić information content (AvgIpc) is 2.38. The first-order chi connectivity index (χ1) is 10.5. The van der Waals surface area contributed by atoms with E-state index in [4.69, 9.17) is 0 Å². The van der Waals surface area contributed by atoms with Crippen LogP contribution in [0.5, 0.6) is 0 Å². The van der Waals surface area contributed by atoms with Crippen LogP contribution < -0.4 is 0 Å². The maximum atomic E-state index is 11.0. The molecule has 0 aliphatic heterocycles. The van der Waals surface area contributed by atoms with Crippen LogP contribution in [-0.2, 0) is 8.87 Å². The summed E-state index contributed by atoms with van der Waals surface area (Å²) in [5.41, 5.74) is 0. The van der Waals surface area contributed by atoms with E-state index in [1.54, 1.807) is 0 Å². The van der Waals surface area contributed by atoms with Gasteiger partial charge in [-0.05, 0) is 71.6 Å². The summed E-state index contributed by atoms with van der Waals surface area (Å²) >= 11 is 0. The minimum atomic E-state index is -2.85. The molecule has 23 heavy (non-hydrogen) atoms. The Hall–Kier alpha value is 0.260. The molecule has 0 aromatic heterocycles. The quantitative estimate of drug-likeness (QED) is 0.259. The molecule has 3 nitrogen and oxygen atoms in total. The minimum Gasteiger partial charge on any atom is -0.318 e. The Kier molecular flexibility index (Phi) is 11.1. The SMILES string of the molecule is CC(C)[N+](CCCCCCCCSS(C)(=O)=O)(C(C)C)C(C)C. The van der Waals surface area contributed by atoms with Gasteiger partial charge in [0, 0.05) is 12.0 Å². The van der Waals surface area contributed by atoms with E-state index in [0.29, 0.717) is 18.1 Å². The maximum Gasteiger partial charge on any atom is 0.198 e. The van der Waals surface area contributed by atoms with Crippen molar-refractivity contribution in [3.63, 3.8) is 0 Å². The number of unbranched alkanes of at least 4 members (excludes halogenated alkanes) is 5. The topological polar surface area (TPSA) is 34.1 Å². The van der Waals surface area contributed by atoms with Gasteiger partial charge in [-0.2, -0.15) is 0 Å². The molecule has 140 valence electrons. The lowest BCUT2D eigenvalue weighted by atomic mass is 10.0. The van der Waals surface area contributed by atoms with E-state index in [0.717, 1.165) is 29.4 Å². The van der Waals surface area contributed by atoms with Crippen LogP contribution in [-0.4, -0.2) is 49.6 Å². The monoisotopic (exact) mass is 366 g/mol. The molecule has 0 bridgehead atoms. The first-order valence-electron chi connectivity index (χ1n) is 9.25. The Bertz CT molecular complexity index is 381. The highest BCUT2D eigenvalue weighted by Crippen LogP contribution is 2.26. The lowest BCUT2D eigenvalue weighted by molar-refractivity contribution is -0.985. The van der Waals surface area contributed by atoms with E-state index in [1.807, 2.05) is 0 Å². The molecule has 5 heteroatoms. The van der Waals surface area contributed by atoms with E-state index >= 15 is 0 Å². The first-order valence-corrected chi connectivity index (χ1v) is 12.6. The normalized spacial score (nSPS) is 13.5. The molecule has 0 fully saturated rings. The number of hydrogen-bond donors (Lipinski definition) is 0. The van der Waals surface area contributed by atoms with Gasteiger partial charge in [0.05, 0.1) is 24.7 Å². The van der Waals surface area contributed by atoms with Crippen LogP contribution in [0.15, 0.2) is 0 Å². The molecule has 0 aromatic rings. The molecule has 0 unspecified atom stereocenters. The van der Waals surface area contributed by atoms with Crippen LogP contribution >= 0.6 is 10.8 Å². The summed E-state index contributed by atoms with van der Waals surface area (Å²) in [6.07, 6.45) is 8.56. The van der Waals surface area contributed by atoms with Gasteiger partial charge in [-0.15, -0.1) is 0 Å². The third kappa shape index (κ3) is 8.78. The van der Waals surface area contributed by atoms with Crippen molar-refractivity contribution in [2.24, 2.45) is 0 Å². The van der Waals surface area contributed by atoms with Crippen molar-refractivity contribution in [3.05, 3.63) is 0 Å². The van der Waals surface area contributed by atoms with Gasteiger partial charge in [-0.3, -0.25) is 0 Å². The van der Waals surface area contributed by atoms with E-state index in [2.05, 4.69) is 41.5 Å². The molecular formula is C18H40NO2S2+. The molecule has 0 aliphatic rings. The molecule has 0 aliphatic carbocycles. The molecule has 0 saturated heterocycles. The Morgan fingerprint density at radius 3 is 1.52 bits per heavy atom. The van der Waals surface area contributed by atoms with Crippen molar-refractivity contribution in [2.75, 3.05) is 18.6 Å². The highest BCUT2D eigenvalue weighted by molar-refractivity contribution is 8.71. The number of nitrogens with zero attached hydrogens (tertiary/aromatic N) is 1. The standard InChI is InChI=1S/C18H40NO2S2/c1-16(2)19(17(3)4,18(5)6)14-12-10-8-9-11-13-15-22-23(7,20)21/h16-18H,8-15H2,1-7H3/q+1. The molecule has 0 amide bonds. The van der Waals surface area contributed by atoms with Crippen molar-refractivity contribution < 1.29 is 12.9 Å². The Morgan fingerprint density at radius 1 is 0.739 bits per heavy atom. The zero-order valence-electron chi connectivity index (χ0n) is 16.5. The van der Waals surface area contributed by atoms with Crippen molar-refractivity contribution >= 4 is 19.7 Å². The number of rotatable bonds is 13. The summed E-state index contributed by atoms with van der Waals surface area (Å²) in [5.74, 6) is 0.743. The fourth-order valence-electron chi connectivity index (χ4n) is 3.97. The molecular weight excluding hydrogens is 326 g/mol. The minimum absolute atomic E-state index is 0.669. The maximum absolute atomic E-state index is 11.0. The third-order valence-corrected chi connectivity index (χ3v) is 7.79. The third-order valence-electron chi connectivity index (χ3n) is 5.12. The van der Waals surface area contributed by atoms with Gasteiger partial charge < -0.3 is 4.48 Å². The van der Waals surface area contributed by atoms with Gasteiger partial charge in [0.15, 0.2) is 8.87 Å². The summed E-state index contributed by atoms with van der Waals surface area (Å²) in [7, 11) is -1.77. The van der Waals surface area contributed by atoms with Crippen LogP contribution in [0.2, 0.25) is 0 Å². The van der Waals surface area contributed by atoms with E-state index in [-0.39, 0.29) is 0 Å². The van der Waals surface area contributed by atoms with E-state index < -0.39 is 8.87 Å². The van der Waals surface area contributed by atoms with Crippen molar-refractivity contribution in [2.45, 2.75) is 98.2 Å². The molecule has 0 atom stereocenters. The molecule has 0 aromatic carbocycles. The molecule has 0 saturated carbocycles. The number of hydrogen-bond acceptors (Lipinski definition) is 3. The van der Waals surface area contributed by atoms with Crippen LogP contribution in [0.25, 0.3) is 0 Å². The summed E-state index contributed by atoms with van der Waals surface area (Å²) in [5, 5.41) is 0. The first kappa shape index (κ1) is 23.3. The second kappa shape index (κ2) is 11.0. The second-order valence-electron chi connectivity index (χ2n) is 7.65. The van der Waals surface area contributed by atoms with E-state index in [9.17, 15) is 8.42 Å². The largest absolute Gasteiger partial charge is 0.318 e. The zero-order chi connectivity index (χ0) is 18.1. The van der Waals surface area contributed by atoms with Crippen LogP contribution in [0.1, 0.15) is 80.1 Å². The predicted molar refractivity (Wildman–Crippen MR) is 106 cm³/mol. The van der Waals surface area contributed by atoms with Crippen LogP contribution in [0.4, 0.5) is 0 Å². The molecule has 0 spiro atoms. The van der Waals surface area contributed by atoms with Gasteiger partial charge in [0.25, 0.3) is 0 Å². The van der Waals surface area contributed by atoms with Crippen molar-refractivity contribution in [1.29, 1.82) is 0 Å². The highest BCUT2D eigenvalue weighted by atomic mass is 33.1. The highest BCUT2D eigenvalue weighted by Gasteiger charge is 2.37. The van der Waals surface area contributed by atoms with E-state index in [1.165, 1.54) is 43.0 Å². The van der Waals surface area contributed by atoms with Crippen LogP contribution in [0, 0.1) is 0 Å². The lowest BCUT2D eigenvalue weighted by Crippen LogP contribution is -2.62. The van der Waals surface area contributed by atoms with Gasteiger partial charge in [-0.25, -0.2) is 8.42 Å². The average molecular weight is 367 g/mol. The second-order valence-corrected chi connectivity index (χ2v) is 12.2. The lowest BCUT2D eigenvalue weighted by Gasteiger charge is -2.49. The smallest absolute Gasteiger partial charge is 0.198 e. The Balaban J connectivity index is 3.96. The Labute approximate surface area is 149 Å². The molecule has 0 rings (SSSR count). The molecule has 0 N–H and O–H groups in total. The van der Waals surface area contributed by atoms with Crippen molar-refractivity contribution in [3.8, 4) is 0 Å². The van der Waals surface area contributed by atoms with Gasteiger partial charge in [0.1, 0.15) is 0 Å². The van der Waals surface area contributed by atoms with Gasteiger partial charge in [0.2, 0.25) is 0 Å². The summed E-state index contributed by atoms with van der Waals surface area (Å²) < 4.78 is 23.3. The van der Waals surface area contributed by atoms with Gasteiger partial charge >= 0.3 is 0 Å². The number of quaternary nitrogens is 1. The molecule has 0 heterocycles. The van der Waals surface area contributed by atoms with Crippen LogP contribution in [0.3, 0.4) is 0 Å². The van der Waals surface area contributed by atoms with Crippen molar-refractivity contribution in [1.82, 2.24) is 0 Å². The zero-order valence-corrected chi connectivity index (χ0v) is 18.1. The summed E-state index contributed by atoms with van der Waals surface area (Å²) in [6.45, 7) is 15.4. The summed E-state index contributed by atoms with van der Waals surface area (Å²) in [6, 6.07) is 2.01. The molecule has 0 radical (unpaired) electrons.